The summed E-state index contributed by atoms with van der Waals surface area (Å²) < 4.78 is 5.71. The van der Waals surface area contributed by atoms with Gasteiger partial charge in [0.05, 0.1) is 11.7 Å². The van der Waals surface area contributed by atoms with Crippen LogP contribution in [0.2, 0.25) is 0 Å². The second kappa shape index (κ2) is 10.8. The zero-order valence-corrected chi connectivity index (χ0v) is 20.2. The average molecular weight is 468 g/mol. The lowest BCUT2D eigenvalue weighted by Crippen LogP contribution is -2.37. The van der Waals surface area contributed by atoms with Crippen LogP contribution in [0.25, 0.3) is 6.08 Å². The van der Waals surface area contributed by atoms with E-state index in [1.807, 2.05) is 109 Å². The molecule has 0 bridgehead atoms. The lowest BCUT2D eigenvalue weighted by Gasteiger charge is -2.20. The fourth-order valence-electron chi connectivity index (χ4n) is 3.93. The molecule has 1 aliphatic heterocycles. The maximum atomic E-state index is 13.5. The van der Waals surface area contributed by atoms with Gasteiger partial charge in [-0.3, -0.25) is 4.79 Å². The van der Waals surface area contributed by atoms with E-state index in [2.05, 4.69) is 4.99 Å². The van der Waals surface area contributed by atoms with Crippen molar-refractivity contribution in [3.05, 3.63) is 113 Å². The molecule has 4 rings (SSSR count). The van der Waals surface area contributed by atoms with Crippen LogP contribution in [0, 0.1) is 5.92 Å². The zero-order chi connectivity index (χ0) is 24.8. The molecule has 178 valence electrons. The number of nitrogens with zero attached hydrogens (tertiary/aromatic N) is 3. The van der Waals surface area contributed by atoms with Crippen LogP contribution in [0.5, 0.6) is 0 Å². The van der Waals surface area contributed by atoms with Gasteiger partial charge in [-0.25, -0.2) is 9.69 Å². The highest BCUT2D eigenvalue weighted by Gasteiger charge is 2.43. The van der Waals surface area contributed by atoms with Crippen molar-refractivity contribution in [2.24, 2.45) is 10.9 Å². The van der Waals surface area contributed by atoms with Gasteiger partial charge in [0.2, 0.25) is 5.96 Å². The maximum absolute atomic E-state index is 13.5. The molecule has 0 radical (unpaired) electrons. The van der Waals surface area contributed by atoms with Crippen LogP contribution in [0.15, 0.2) is 102 Å². The van der Waals surface area contributed by atoms with Gasteiger partial charge in [-0.15, -0.1) is 0 Å². The number of amides is 2. The topological polar surface area (TPSA) is 62.2 Å². The Labute approximate surface area is 206 Å². The molecule has 1 atom stereocenters. The predicted molar refractivity (Wildman–Crippen MR) is 137 cm³/mol. The highest BCUT2D eigenvalue weighted by molar-refractivity contribution is 6.05. The molecule has 0 aliphatic carbocycles. The van der Waals surface area contributed by atoms with Gasteiger partial charge in [-0.2, -0.15) is 4.99 Å². The van der Waals surface area contributed by atoms with Crippen LogP contribution in [0.1, 0.15) is 36.6 Å². The Morgan fingerprint density at radius 3 is 2.09 bits per heavy atom. The van der Waals surface area contributed by atoms with E-state index in [0.29, 0.717) is 5.70 Å². The average Bonchev–Trinajstić information content (AvgIpc) is 3.14. The number of carbonyl (C=O) groups is 2. The van der Waals surface area contributed by atoms with Crippen molar-refractivity contribution in [1.82, 2.24) is 9.80 Å². The first-order valence-electron chi connectivity index (χ1n) is 11.6. The van der Waals surface area contributed by atoms with Crippen LogP contribution < -0.4 is 0 Å². The number of rotatable bonds is 5. The third kappa shape index (κ3) is 5.49. The fourth-order valence-corrected chi connectivity index (χ4v) is 3.93. The number of ether oxygens (including phenoxy) is 1. The van der Waals surface area contributed by atoms with Gasteiger partial charge in [0.1, 0.15) is 6.61 Å². The molecular weight excluding hydrogens is 438 g/mol. The van der Waals surface area contributed by atoms with Crippen molar-refractivity contribution in [3.63, 3.8) is 0 Å². The molecule has 1 heterocycles. The Hall–Kier alpha value is -4.19. The van der Waals surface area contributed by atoms with Gasteiger partial charge in [-0.05, 0) is 22.8 Å². The second-order valence-corrected chi connectivity index (χ2v) is 8.68. The van der Waals surface area contributed by atoms with Gasteiger partial charge in [0.15, 0.2) is 0 Å². The van der Waals surface area contributed by atoms with Crippen LogP contribution in [-0.4, -0.2) is 34.8 Å². The number of hydrogen-bond acceptors (Lipinski definition) is 3. The highest BCUT2D eigenvalue weighted by atomic mass is 16.6. The third-order valence-corrected chi connectivity index (χ3v) is 5.76. The van der Waals surface area contributed by atoms with Gasteiger partial charge < -0.3 is 9.64 Å². The molecule has 1 saturated heterocycles. The number of likely N-dealkylation sites (N-methyl/N-ethyl adjacent to an activating group) is 1. The molecule has 0 spiro atoms. The summed E-state index contributed by atoms with van der Waals surface area (Å²) in [4.78, 5) is 33.9. The number of guanidine groups is 1. The van der Waals surface area contributed by atoms with Crippen molar-refractivity contribution < 1.29 is 14.3 Å². The van der Waals surface area contributed by atoms with Gasteiger partial charge in [0, 0.05) is 13.0 Å². The molecular formula is C29H29N3O3. The van der Waals surface area contributed by atoms with E-state index in [0.717, 1.165) is 16.7 Å². The minimum atomic E-state index is -0.586. The monoisotopic (exact) mass is 467 g/mol. The van der Waals surface area contributed by atoms with Crippen LogP contribution in [0.3, 0.4) is 0 Å². The van der Waals surface area contributed by atoms with E-state index >= 15 is 0 Å². The van der Waals surface area contributed by atoms with E-state index in [1.54, 1.807) is 13.8 Å². The second-order valence-electron chi connectivity index (χ2n) is 8.68. The number of aliphatic imine (C=N–C) groups is 1. The van der Waals surface area contributed by atoms with Crippen LogP contribution >= 0.6 is 0 Å². The Kier molecular flexibility index (Phi) is 7.41. The van der Waals surface area contributed by atoms with Gasteiger partial charge in [0.25, 0.3) is 5.91 Å². The molecule has 1 aliphatic rings. The van der Waals surface area contributed by atoms with E-state index < -0.39 is 6.09 Å². The molecule has 3 aromatic carbocycles. The van der Waals surface area contributed by atoms with Crippen molar-refractivity contribution in [2.45, 2.75) is 26.5 Å². The summed E-state index contributed by atoms with van der Waals surface area (Å²) in [5, 5.41) is 0. The number of benzene rings is 3. The molecule has 35 heavy (non-hydrogen) atoms. The molecule has 0 saturated carbocycles. The van der Waals surface area contributed by atoms with Gasteiger partial charge >= 0.3 is 6.09 Å². The molecule has 2 amide bonds. The maximum Gasteiger partial charge on any atom is 0.421 e. The summed E-state index contributed by atoms with van der Waals surface area (Å²) in [5.74, 6) is -0.367. The number of hydrogen-bond donors (Lipinski definition) is 0. The lowest BCUT2D eigenvalue weighted by molar-refractivity contribution is -0.120. The Bertz CT molecular complexity index is 1220. The Balaban J connectivity index is 1.81. The van der Waals surface area contributed by atoms with E-state index in [1.165, 1.54) is 4.90 Å². The summed E-state index contributed by atoms with van der Waals surface area (Å²) in [6.07, 6.45) is 1.36. The zero-order valence-electron chi connectivity index (χ0n) is 20.2. The third-order valence-electron chi connectivity index (χ3n) is 5.76. The van der Waals surface area contributed by atoms with E-state index in [9.17, 15) is 9.59 Å². The minimum Gasteiger partial charge on any atom is -0.444 e. The fraction of sp³-hybridized carbons (Fsp3) is 0.207. The number of carbonyl (C=O) groups excluding carboxylic acids is 2. The molecule has 6 nitrogen and oxygen atoms in total. The van der Waals surface area contributed by atoms with Crippen molar-refractivity contribution in [3.8, 4) is 0 Å². The smallest absolute Gasteiger partial charge is 0.421 e. The first kappa shape index (κ1) is 24.0. The van der Waals surface area contributed by atoms with Crippen molar-refractivity contribution in [1.29, 1.82) is 0 Å². The summed E-state index contributed by atoms with van der Waals surface area (Å²) in [6, 6.07) is 28.8. The van der Waals surface area contributed by atoms with Crippen molar-refractivity contribution >= 4 is 24.0 Å². The van der Waals surface area contributed by atoms with Crippen LogP contribution in [-0.2, 0) is 16.1 Å². The largest absolute Gasteiger partial charge is 0.444 e. The lowest BCUT2D eigenvalue weighted by atomic mass is 10.0. The summed E-state index contributed by atoms with van der Waals surface area (Å²) >= 11 is 0. The quantitative estimate of drug-likeness (QED) is 0.469. The Morgan fingerprint density at radius 1 is 0.914 bits per heavy atom. The van der Waals surface area contributed by atoms with E-state index in [-0.39, 0.29) is 30.4 Å². The normalized spacial score (nSPS) is 17.9. The molecule has 3 aromatic rings. The summed E-state index contributed by atoms with van der Waals surface area (Å²) in [5.41, 5.74) is 3.44. The Morgan fingerprint density at radius 2 is 1.49 bits per heavy atom. The van der Waals surface area contributed by atoms with Crippen LogP contribution in [0.4, 0.5) is 4.79 Å². The summed E-state index contributed by atoms with van der Waals surface area (Å²) in [6.45, 7) is 3.68. The van der Waals surface area contributed by atoms with E-state index in [4.69, 9.17) is 4.74 Å². The highest BCUT2D eigenvalue weighted by Crippen LogP contribution is 2.39. The standard InChI is InChI=1S/C29H29N3O3/c1-21(2)27(33)30-28-31(3)26(24-17-11-6-12-18-24)25(19-22-13-7-4-8-14-22)32(28)29(34)35-20-23-15-9-5-10-16-23/h4-19,21,26H,20H2,1-3H3/b25-19-,30-28?. The SMILES string of the molecule is CC(C)C(=O)N=C1N(C(=O)OCc2ccccc2)/C(=C\c2ccccc2)C(c2ccccc2)N1C. The molecule has 1 unspecified atom stereocenters. The summed E-state index contributed by atoms with van der Waals surface area (Å²) in [7, 11) is 1.84. The molecule has 0 N–H and O–H groups in total. The first-order valence-corrected chi connectivity index (χ1v) is 11.6. The molecule has 6 heteroatoms. The van der Waals surface area contributed by atoms with Gasteiger partial charge in [-0.1, -0.05) is 105 Å². The predicted octanol–water partition coefficient (Wildman–Crippen LogP) is 5.89. The first-order chi connectivity index (χ1) is 17.0. The molecule has 1 fully saturated rings. The molecule has 0 aromatic heterocycles. The van der Waals surface area contributed by atoms with Crippen molar-refractivity contribution in [2.75, 3.05) is 7.05 Å². The minimum absolute atomic E-state index is 0.111.